The summed E-state index contributed by atoms with van der Waals surface area (Å²) < 4.78 is 11.3. The smallest absolute Gasteiger partial charge is 0.293 e. The molecule has 34 heavy (non-hydrogen) atoms. The number of nitrogens with one attached hydrogen (secondary N) is 2. The molecule has 3 aromatic carbocycles. The van der Waals surface area contributed by atoms with Crippen LogP contribution in [0.5, 0.6) is 0 Å². The van der Waals surface area contributed by atoms with Crippen LogP contribution in [0.2, 0.25) is 0 Å². The van der Waals surface area contributed by atoms with E-state index in [1.165, 1.54) is 0 Å². The summed E-state index contributed by atoms with van der Waals surface area (Å²) in [4.78, 5) is 26.6. The lowest BCUT2D eigenvalue weighted by atomic mass is 10.1. The van der Waals surface area contributed by atoms with Gasteiger partial charge in [0.25, 0.3) is 11.8 Å². The molecule has 2 amide bonds. The summed E-state index contributed by atoms with van der Waals surface area (Å²) >= 11 is 0. The van der Waals surface area contributed by atoms with Gasteiger partial charge in [-0.2, -0.15) is 0 Å². The lowest BCUT2D eigenvalue weighted by molar-refractivity contribution is 0.0999. The molecule has 2 heterocycles. The van der Waals surface area contributed by atoms with E-state index in [4.69, 9.17) is 8.94 Å². The molecule has 7 heteroatoms. The van der Waals surface area contributed by atoms with Gasteiger partial charge in [0.1, 0.15) is 16.8 Å². The summed E-state index contributed by atoms with van der Waals surface area (Å²) in [6, 6.07) is 23.8. The predicted octanol–water partition coefficient (Wildman–Crippen LogP) is 6.21. The van der Waals surface area contributed by atoms with Gasteiger partial charge in [-0.1, -0.05) is 59.8 Å². The molecule has 2 N–H and O–H groups in total. The summed E-state index contributed by atoms with van der Waals surface area (Å²) in [7, 11) is 0. The number of aryl methyl sites for hydroxylation is 2. The van der Waals surface area contributed by atoms with Gasteiger partial charge in [-0.3, -0.25) is 9.59 Å². The molecule has 0 bridgehead atoms. The molecule has 2 aromatic heterocycles. The summed E-state index contributed by atoms with van der Waals surface area (Å²) in [5, 5.41) is 10.3. The fourth-order valence-corrected chi connectivity index (χ4v) is 3.84. The second kappa shape index (κ2) is 8.71. The molecule has 0 radical (unpaired) electrons. The number of carbonyl (C=O) groups is 2. The van der Waals surface area contributed by atoms with Gasteiger partial charge in [0.05, 0.1) is 5.69 Å². The van der Waals surface area contributed by atoms with Crippen LogP contribution in [0.25, 0.3) is 22.3 Å². The first-order valence-corrected chi connectivity index (χ1v) is 10.7. The summed E-state index contributed by atoms with van der Waals surface area (Å²) in [6.07, 6.45) is 0. The van der Waals surface area contributed by atoms with Crippen LogP contribution in [0, 0.1) is 13.8 Å². The van der Waals surface area contributed by atoms with Gasteiger partial charge in [0, 0.05) is 16.6 Å². The highest BCUT2D eigenvalue weighted by Crippen LogP contribution is 2.33. The Morgan fingerprint density at radius 3 is 2.38 bits per heavy atom. The van der Waals surface area contributed by atoms with Crippen molar-refractivity contribution in [2.75, 3.05) is 10.6 Å². The van der Waals surface area contributed by atoms with Gasteiger partial charge < -0.3 is 19.6 Å². The van der Waals surface area contributed by atoms with Crippen LogP contribution in [0.1, 0.15) is 32.2 Å². The first kappa shape index (κ1) is 21.2. The zero-order valence-corrected chi connectivity index (χ0v) is 18.6. The van der Waals surface area contributed by atoms with Crippen molar-refractivity contribution in [3.8, 4) is 11.3 Å². The fourth-order valence-electron chi connectivity index (χ4n) is 3.84. The SMILES string of the molecule is Cc1cccc(NC(=O)c2oc3ccccc3c2NC(=O)c2c(C)noc2-c2ccccc2)c1. The highest BCUT2D eigenvalue weighted by atomic mass is 16.5. The van der Waals surface area contributed by atoms with Crippen LogP contribution in [-0.4, -0.2) is 17.0 Å². The molecule has 0 aliphatic heterocycles. The third kappa shape index (κ3) is 3.95. The Morgan fingerprint density at radius 2 is 1.59 bits per heavy atom. The Balaban J connectivity index is 1.53. The molecule has 5 rings (SSSR count). The molecule has 168 valence electrons. The standard InChI is InChI=1S/C27H21N3O4/c1-16-9-8-12-19(15-16)28-27(32)25-23(20-13-6-7-14-21(20)33-25)29-26(31)22-17(2)30-34-24(22)18-10-4-3-5-11-18/h3-15H,1-2H3,(H,28,32)(H,29,31). The minimum atomic E-state index is -0.470. The van der Waals surface area contributed by atoms with E-state index in [1.807, 2.05) is 61.5 Å². The molecule has 0 atom stereocenters. The lowest BCUT2D eigenvalue weighted by Gasteiger charge is -2.08. The van der Waals surface area contributed by atoms with Crippen molar-refractivity contribution in [3.63, 3.8) is 0 Å². The van der Waals surface area contributed by atoms with E-state index >= 15 is 0 Å². The number of carbonyl (C=O) groups excluding carboxylic acids is 2. The van der Waals surface area contributed by atoms with E-state index in [9.17, 15) is 9.59 Å². The van der Waals surface area contributed by atoms with Gasteiger partial charge in [-0.05, 0) is 43.7 Å². The number of benzene rings is 3. The Labute approximate surface area is 195 Å². The van der Waals surface area contributed by atoms with Crippen molar-refractivity contribution in [2.45, 2.75) is 13.8 Å². The number of aromatic nitrogens is 1. The lowest BCUT2D eigenvalue weighted by Crippen LogP contribution is -2.18. The number of anilines is 2. The molecule has 0 aliphatic rings. The fraction of sp³-hybridized carbons (Fsp3) is 0.0741. The van der Waals surface area contributed by atoms with Crippen LogP contribution in [-0.2, 0) is 0 Å². The average molecular weight is 451 g/mol. The number of furan rings is 1. The van der Waals surface area contributed by atoms with Crippen LogP contribution in [0.3, 0.4) is 0 Å². The number of rotatable bonds is 5. The molecular weight excluding hydrogens is 430 g/mol. The second-order valence-corrected chi connectivity index (χ2v) is 7.92. The van der Waals surface area contributed by atoms with E-state index < -0.39 is 11.8 Å². The molecule has 0 saturated carbocycles. The van der Waals surface area contributed by atoms with Gasteiger partial charge in [-0.15, -0.1) is 0 Å². The largest absolute Gasteiger partial charge is 0.449 e. The van der Waals surface area contributed by atoms with E-state index in [-0.39, 0.29) is 11.4 Å². The van der Waals surface area contributed by atoms with Crippen LogP contribution in [0.4, 0.5) is 11.4 Å². The normalized spacial score (nSPS) is 10.9. The maximum atomic E-state index is 13.4. The van der Waals surface area contributed by atoms with Gasteiger partial charge in [-0.25, -0.2) is 0 Å². The Kier molecular flexibility index (Phi) is 5.43. The molecule has 0 fully saturated rings. The van der Waals surface area contributed by atoms with Crippen molar-refractivity contribution in [3.05, 3.63) is 101 Å². The monoisotopic (exact) mass is 451 g/mol. The topological polar surface area (TPSA) is 97.4 Å². The third-order valence-electron chi connectivity index (χ3n) is 5.44. The van der Waals surface area contributed by atoms with E-state index in [0.717, 1.165) is 11.1 Å². The molecule has 0 saturated heterocycles. The van der Waals surface area contributed by atoms with Gasteiger partial charge >= 0.3 is 0 Å². The highest BCUT2D eigenvalue weighted by molar-refractivity contribution is 6.18. The number of hydrogen-bond donors (Lipinski definition) is 2. The molecule has 0 spiro atoms. The minimum Gasteiger partial charge on any atom is -0.449 e. The highest BCUT2D eigenvalue weighted by Gasteiger charge is 2.27. The van der Waals surface area contributed by atoms with Gasteiger partial charge in [0.2, 0.25) is 5.76 Å². The Hall–Kier alpha value is -4.65. The van der Waals surface area contributed by atoms with Crippen molar-refractivity contribution in [1.29, 1.82) is 0 Å². The molecule has 0 unspecified atom stereocenters. The summed E-state index contributed by atoms with van der Waals surface area (Å²) in [5.41, 5.74) is 3.86. The van der Waals surface area contributed by atoms with Crippen molar-refractivity contribution in [2.24, 2.45) is 0 Å². The summed E-state index contributed by atoms with van der Waals surface area (Å²) in [5.74, 6) is -0.559. The maximum absolute atomic E-state index is 13.4. The van der Waals surface area contributed by atoms with Crippen LogP contribution < -0.4 is 10.6 Å². The van der Waals surface area contributed by atoms with Crippen LogP contribution in [0.15, 0.2) is 87.8 Å². The number of para-hydroxylation sites is 1. The number of amides is 2. The minimum absolute atomic E-state index is 0.00595. The average Bonchev–Trinajstić information content (AvgIpc) is 3.40. The third-order valence-corrected chi connectivity index (χ3v) is 5.44. The van der Waals surface area contributed by atoms with Crippen molar-refractivity contribution >= 4 is 34.2 Å². The van der Waals surface area contributed by atoms with E-state index in [0.29, 0.717) is 33.7 Å². The predicted molar refractivity (Wildman–Crippen MR) is 130 cm³/mol. The molecule has 0 aliphatic carbocycles. The maximum Gasteiger partial charge on any atom is 0.293 e. The second-order valence-electron chi connectivity index (χ2n) is 7.92. The van der Waals surface area contributed by atoms with Crippen LogP contribution >= 0.6 is 0 Å². The first-order chi connectivity index (χ1) is 16.5. The zero-order valence-electron chi connectivity index (χ0n) is 18.6. The number of nitrogens with zero attached hydrogens (tertiary/aromatic N) is 1. The molecule has 5 aromatic rings. The molecule has 7 nitrogen and oxygen atoms in total. The van der Waals surface area contributed by atoms with Gasteiger partial charge in [0.15, 0.2) is 5.76 Å². The van der Waals surface area contributed by atoms with Crippen molar-refractivity contribution < 1.29 is 18.5 Å². The Bertz CT molecular complexity index is 1520. The van der Waals surface area contributed by atoms with E-state index in [2.05, 4.69) is 15.8 Å². The number of fused-ring (bicyclic) bond motifs is 1. The quantitative estimate of drug-likeness (QED) is 0.331. The molecular formula is C27H21N3O4. The van der Waals surface area contributed by atoms with Crippen molar-refractivity contribution in [1.82, 2.24) is 5.16 Å². The first-order valence-electron chi connectivity index (χ1n) is 10.7. The zero-order chi connectivity index (χ0) is 23.7. The summed E-state index contributed by atoms with van der Waals surface area (Å²) in [6.45, 7) is 3.64. The van der Waals surface area contributed by atoms with E-state index in [1.54, 1.807) is 31.2 Å². The Morgan fingerprint density at radius 1 is 0.824 bits per heavy atom. The number of hydrogen-bond acceptors (Lipinski definition) is 5.